The van der Waals surface area contributed by atoms with Crippen LogP contribution in [0.1, 0.15) is 46.3 Å². The van der Waals surface area contributed by atoms with Gasteiger partial charge in [0.25, 0.3) is 5.91 Å². The second-order valence-electron chi connectivity index (χ2n) is 7.01. The lowest BCUT2D eigenvalue weighted by molar-refractivity contribution is -0.136. The number of hydrogen-bond acceptors (Lipinski definition) is 3. The number of hydrogen-bond donors (Lipinski definition) is 3. The van der Waals surface area contributed by atoms with Gasteiger partial charge in [-0.2, -0.15) is 0 Å². The van der Waals surface area contributed by atoms with Crippen LogP contribution in [-0.2, 0) is 28.9 Å². The number of anilines is 1. The van der Waals surface area contributed by atoms with E-state index < -0.39 is 5.97 Å². The Morgan fingerprint density at radius 1 is 0.929 bits per heavy atom. The second-order valence-corrected chi connectivity index (χ2v) is 7.01. The first-order chi connectivity index (χ1) is 13.5. The van der Waals surface area contributed by atoms with E-state index in [-0.39, 0.29) is 24.8 Å². The van der Waals surface area contributed by atoms with E-state index in [0.29, 0.717) is 17.7 Å². The molecule has 0 aromatic heterocycles. The van der Waals surface area contributed by atoms with Crippen LogP contribution in [0.4, 0.5) is 5.69 Å². The molecule has 3 N–H and O–H groups in total. The van der Waals surface area contributed by atoms with Gasteiger partial charge in [0.05, 0.1) is 12.8 Å². The molecule has 2 aromatic rings. The Balaban J connectivity index is 1.53. The van der Waals surface area contributed by atoms with E-state index in [1.807, 2.05) is 6.07 Å². The highest BCUT2D eigenvalue weighted by atomic mass is 16.4. The first-order valence-electron chi connectivity index (χ1n) is 9.52. The largest absolute Gasteiger partial charge is 0.481 e. The summed E-state index contributed by atoms with van der Waals surface area (Å²) in [6.07, 6.45) is 4.84. The summed E-state index contributed by atoms with van der Waals surface area (Å²) in [5.74, 6) is -1.40. The number of nitrogens with one attached hydrogen (secondary N) is 2. The van der Waals surface area contributed by atoms with E-state index >= 15 is 0 Å². The van der Waals surface area contributed by atoms with Crippen LogP contribution in [-0.4, -0.2) is 29.4 Å². The lowest BCUT2D eigenvalue weighted by Gasteiger charge is -2.16. The molecule has 0 spiro atoms. The van der Waals surface area contributed by atoms with Crippen molar-refractivity contribution in [3.05, 3.63) is 64.7 Å². The zero-order chi connectivity index (χ0) is 19.9. The van der Waals surface area contributed by atoms with Crippen molar-refractivity contribution in [2.45, 2.75) is 38.5 Å². The van der Waals surface area contributed by atoms with Crippen molar-refractivity contribution in [1.29, 1.82) is 0 Å². The van der Waals surface area contributed by atoms with E-state index in [2.05, 4.69) is 22.8 Å². The summed E-state index contributed by atoms with van der Waals surface area (Å²) in [4.78, 5) is 34.7. The number of carboxylic acid groups (broad SMARTS) is 1. The van der Waals surface area contributed by atoms with Gasteiger partial charge in [-0.3, -0.25) is 14.4 Å². The van der Waals surface area contributed by atoms with Crippen LogP contribution in [0, 0.1) is 0 Å². The molecule has 1 aliphatic rings. The minimum atomic E-state index is -0.961. The molecule has 146 valence electrons. The third-order valence-electron chi connectivity index (χ3n) is 4.83. The van der Waals surface area contributed by atoms with Crippen LogP contribution >= 0.6 is 0 Å². The Morgan fingerprint density at radius 2 is 1.64 bits per heavy atom. The zero-order valence-corrected chi connectivity index (χ0v) is 15.7. The molecule has 0 radical (unpaired) electrons. The summed E-state index contributed by atoms with van der Waals surface area (Å²) in [6, 6.07) is 12.8. The lowest BCUT2D eigenvalue weighted by Crippen LogP contribution is -2.26. The average molecular weight is 380 g/mol. The molecule has 0 fully saturated rings. The van der Waals surface area contributed by atoms with E-state index in [1.54, 1.807) is 24.3 Å². The summed E-state index contributed by atoms with van der Waals surface area (Å²) >= 11 is 0. The van der Waals surface area contributed by atoms with Crippen LogP contribution < -0.4 is 10.6 Å². The quantitative estimate of drug-likeness (QED) is 0.688. The molecule has 0 atom stereocenters. The van der Waals surface area contributed by atoms with Crippen molar-refractivity contribution in [3.63, 3.8) is 0 Å². The minimum absolute atomic E-state index is 0.0768. The number of carboxylic acids is 1. The molecular weight excluding hydrogens is 356 g/mol. The fourth-order valence-electron chi connectivity index (χ4n) is 3.38. The van der Waals surface area contributed by atoms with Crippen LogP contribution in [0.15, 0.2) is 42.5 Å². The summed E-state index contributed by atoms with van der Waals surface area (Å²) < 4.78 is 0. The molecule has 2 amide bonds. The van der Waals surface area contributed by atoms with Crippen molar-refractivity contribution in [3.8, 4) is 0 Å². The van der Waals surface area contributed by atoms with Crippen molar-refractivity contribution in [2.24, 2.45) is 0 Å². The Morgan fingerprint density at radius 3 is 2.36 bits per heavy atom. The van der Waals surface area contributed by atoms with Crippen molar-refractivity contribution in [2.75, 3.05) is 11.9 Å². The van der Waals surface area contributed by atoms with Gasteiger partial charge in [0.2, 0.25) is 5.91 Å². The molecule has 0 saturated carbocycles. The Labute approximate surface area is 164 Å². The number of benzene rings is 2. The third kappa shape index (κ3) is 5.42. The molecule has 0 heterocycles. The second kappa shape index (κ2) is 9.17. The Hall–Kier alpha value is -3.15. The average Bonchev–Trinajstić information content (AvgIpc) is 2.68. The van der Waals surface area contributed by atoms with Crippen LogP contribution in [0.5, 0.6) is 0 Å². The number of aryl methyl sites for hydroxylation is 2. The van der Waals surface area contributed by atoms with Crippen molar-refractivity contribution < 1.29 is 19.5 Å². The number of amides is 2. The van der Waals surface area contributed by atoms with Gasteiger partial charge < -0.3 is 15.7 Å². The highest BCUT2D eigenvalue weighted by molar-refractivity contribution is 5.96. The maximum absolute atomic E-state index is 12.3. The molecule has 6 nitrogen and oxygen atoms in total. The summed E-state index contributed by atoms with van der Waals surface area (Å²) in [7, 11) is 0. The summed E-state index contributed by atoms with van der Waals surface area (Å²) in [5.41, 5.74) is 4.79. The first-order valence-corrected chi connectivity index (χ1v) is 9.52. The predicted octanol–water partition coefficient (Wildman–Crippen LogP) is 2.95. The van der Waals surface area contributed by atoms with E-state index in [4.69, 9.17) is 5.11 Å². The van der Waals surface area contributed by atoms with Crippen molar-refractivity contribution >= 4 is 23.5 Å². The Kier molecular flexibility index (Phi) is 6.42. The molecule has 0 saturated heterocycles. The minimum Gasteiger partial charge on any atom is -0.481 e. The number of aliphatic carboxylic acids is 1. The third-order valence-corrected chi connectivity index (χ3v) is 4.83. The van der Waals surface area contributed by atoms with Crippen LogP contribution in [0.3, 0.4) is 0 Å². The van der Waals surface area contributed by atoms with Gasteiger partial charge in [0, 0.05) is 17.8 Å². The SMILES string of the molecule is O=C(O)CCNC(=O)c1ccc(NC(=O)Cc2ccc3c(c2)CCCC3)cc1. The molecule has 28 heavy (non-hydrogen) atoms. The Bertz CT molecular complexity index is 875. The topological polar surface area (TPSA) is 95.5 Å². The normalized spacial score (nSPS) is 12.7. The standard InChI is InChI=1S/C22H24N2O4/c25-20(14-15-5-6-16-3-1-2-4-18(16)13-15)24-19-9-7-17(8-10-19)22(28)23-12-11-21(26)27/h5-10,13H,1-4,11-12,14H2,(H,23,28)(H,24,25)(H,26,27). The molecular formula is C22H24N2O4. The maximum Gasteiger partial charge on any atom is 0.305 e. The van der Waals surface area contributed by atoms with Crippen LogP contribution in [0.2, 0.25) is 0 Å². The number of fused-ring (bicyclic) bond motifs is 1. The molecule has 0 aliphatic heterocycles. The predicted molar refractivity (Wildman–Crippen MR) is 106 cm³/mol. The molecule has 0 unspecified atom stereocenters. The fraction of sp³-hybridized carbons (Fsp3) is 0.318. The monoisotopic (exact) mass is 380 g/mol. The van der Waals surface area contributed by atoms with Gasteiger partial charge in [-0.15, -0.1) is 0 Å². The van der Waals surface area contributed by atoms with Gasteiger partial charge >= 0.3 is 5.97 Å². The number of carbonyl (C=O) groups is 3. The van der Waals surface area contributed by atoms with Gasteiger partial charge in [-0.1, -0.05) is 18.2 Å². The molecule has 0 bridgehead atoms. The van der Waals surface area contributed by atoms with Crippen LogP contribution in [0.25, 0.3) is 0 Å². The van der Waals surface area contributed by atoms with Crippen molar-refractivity contribution in [1.82, 2.24) is 5.32 Å². The maximum atomic E-state index is 12.3. The highest BCUT2D eigenvalue weighted by Gasteiger charge is 2.12. The van der Waals surface area contributed by atoms with Gasteiger partial charge in [0.1, 0.15) is 0 Å². The number of rotatable bonds is 7. The zero-order valence-electron chi connectivity index (χ0n) is 15.7. The van der Waals surface area contributed by atoms with E-state index in [9.17, 15) is 14.4 Å². The molecule has 6 heteroatoms. The molecule has 2 aromatic carbocycles. The number of carbonyl (C=O) groups excluding carboxylic acids is 2. The van der Waals surface area contributed by atoms with E-state index in [0.717, 1.165) is 18.4 Å². The highest BCUT2D eigenvalue weighted by Crippen LogP contribution is 2.22. The lowest BCUT2D eigenvalue weighted by atomic mass is 9.90. The van der Waals surface area contributed by atoms with Gasteiger partial charge in [-0.25, -0.2) is 0 Å². The smallest absolute Gasteiger partial charge is 0.305 e. The first kappa shape index (κ1) is 19.6. The fourth-order valence-corrected chi connectivity index (χ4v) is 3.38. The van der Waals surface area contributed by atoms with Gasteiger partial charge in [0.15, 0.2) is 0 Å². The van der Waals surface area contributed by atoms with E-state index in [1.165, 1.54) is 24.0 Å². The molecule has 1 aliphatic carbocycles. The summed E-state index contributed by atoms with van der Waals surface area (Å²) in [6.45, 7) is 0.0768. The molecule has 3 rings (SSSR count). The van der Waals surface area contributed by atoms with Gasteiger partial charge in [-0.05, 0) is 66.6 Å². The summed E-state index contributed by atoms with van der Waals surface area (Å²) in [5, 5.41) is 14.0.